The van der Waals surface area contributed by atoms with Crippen molar-refractivity contribution in [1.82, 2.24) is 9.78 Å². The highest BCUT2D eigenvalue weighted by molar-refractivity contribution is 5.69. The van der Waals surface area contributed by atoms with E-state index in [4.69, 9.17) is 10.8 Å². The molecule has 1 aliphatic heterocycles. The number of hydrogen-bond donors (Lipinski definition) is 1. The van der Waals surface area contributed by atoms with Crippen molar-refractivity contribution in [3.05, 3.63) is 41.2 Å². The standard InChI is InChI=1S/C16H21N3/c1-2-12-5-7-13(8-6-12)16-14(9-10-17)18-19-11-3-4-15(16)19/h5-8H,2-4,9-11,17H2,1H3. The number of rotatable bonds is 4. The summed E-state index contributed by atoms with van der Waals surface area (Å²) in [6, 6.07) is 8.91. The molecule has 0 radical (unpaired) electrons. The van der Waals surface area contributed by atoms with E-state index in [1.165, 1.54) is 34.5 Å². The number of aryl methyl sites for hydroxylation is 2. The predicted octanol–water partition coefficient (Wildman–Crippen LogP) is 2.56. The van der Waals surface area contributed by atoms with Gasteiger partial charge in [0, 0.05) is 24.2 Å². The summed E-state index contributed by atoms with van der Waals surface area (Å²) >= 11 is 0. The van der Waals surface area contributed by atoms with Gasteiger partial charge in [-0.3, -0.25) is 4.68 Å². The second-order valence-electron chi connectivity index (χ2n) is 5.18. The van der Waals surface area contributed by atoms with E-state index in [1.54, 1.807) is 0 Å². The third kappa shape index (κ3) is 2.19. The van der Waals surface area contributed by atoms with Crippen molar-refractivity contribution in [2.75, 3.05) is 6.54 Å². The lowest BCUT2D eigenvalue weighted by Gasteiger charge is -2.06. The van der Waals surface area contributed by atoms with Gasteiger partial charge in [-0.05, 0) is 36.9 Å². The van der Waals surface area contributed by atoms with E-state index in [2.05, 4.69) is 35.9 Å². The first-order chi connectivity index (χ1) is 9.33. The van der Waals surface area contributed by atoms with Crippen LogP contribution in [0.25, 0.3) is 11.1 Å². The van der Waals surface area contributed by atoms with Crippen molar-refractivity contribution < 1.29 is 0 Å². The van der Waals surface area contributed by atoms with Crippen LogP contribution in [0, 0.1) is 0 Å². The number of fused-ring (bicyclic) bond motifs is 1. The van der Waals surface area contributed by atoms with Crippen LogP contribution in [0.5, 0.6) is 0 Å². The highest BCUT2D eigenvalue weighted by atomic mass is 15.3. The summed E-state index contributed by atoms with van der Waals surface area (Å²) in [5.41, 5.74) is 12.3. The highest BCUT2D eigenvalue weighted by Gasteiger charge is 2.22. The van der Waals surface area contributed by atoms with Crippen LogP contribution in [0.1, 0.15) is 30.3 Å². The van der Waals surface area contributed by atoms with Gasteiger partial charge in [0.25, 0.3) is 0 Å². The Bertz CT molecular complexity index is 566. The molecular weight excluding hydrogens is 234 g/mol. The normalized spacial score (nSPS) is 13.8. The molecule has 0 aliphatic carbocycles. The van der Waals surface area contributed by atoms with E-state index in [-0.39, 0.29) is 0 Å². The summed E-state index contributed by atoms with van der Waals surface area (Å²) in [7, 11) is 0. The molecule has 2 N–H and O–H groups in total. The summed E-state index contributed by atoms with van der Waals surface area (Å²) in [4.78, 5) is 0. The fourth-order valence-corrected chi connectivity index (χ4v) is 2.94. The maximum absolute atomic E-state index is 5.72. The zero-order valence-corrected chi connectivity index (χ0v) is 11.5. The second kappa shape index (κ2) is 5.17. The third-order valence-corrected chi connectivity index (χ3v) is 3.95. The van der Waals surface area contributed by atoms with Crippen molar-refractivity contribution in [1.29, 1.82) is 0 Å². The van der Waals surface area contributed by atoms with Gasteiger partial charge in [-0.15, -0.1) is 0 Å². The molecule has 0 fully saturated rings. The lowest BCUT2D eigenvalue weighted by Crippen LogP contribution is -2.05. The van der Waals surface area contributed by atoms with Gasteiger partial charge in [0.15, 0.2) is 0 Å². The Balaban J connectivity index is 2.06. The predicted molar refractivity (Wildman–Crippen MR) is 78.1 cm³/mol. The van der Waals surface area contributed by atoms with Crippen molar-refractivity contribution in [3.8, 4) is 11.1 Å². The average molecular weight is 255 g/mol. The summed E-state index contributed by atoms with van der Waals surface area (Å²) in [5.74, 6) is 0. The van der Waals surface area contributed by atoms with Crippen LogP contribution >= 0.6 is 0 Å². The molecule has 2 heterocycles. The molecule has 0 atom stereocenters. The summed E-state index contributed by atoms with van der Waals surface area (Å²) < 4.78 is 2.17. The van der Waals surface area contributed by atoms with E-state index in [1.807, 2.05) is 0 Å². The molecule has 19 heavy (non-hydrogen) atoms. The van der Waals surface area contributed by atoms with Crippen LogP contribution in [-0.4, -0.2) is 16.3 Å². The first-order valence-electron chi connectivity index (χ1n) is 7.21. The number of benzene rings is 1. The first kappa shape index (κ1) is 12.4. The van der Waals surface area contributed by atoms with Crippen LogP contribution < -0.4 is 5.73 Å². The Morgan fingerprint density at radius 3 is 2.74 bits per heavy atom. The van der Waals surface area contributed by atoms with E-state index in [9.17, 15) is 0 Å². The molecule has 0 saturated heterocycles. The van der Waals surface area contributed by atoms with Gasteiger partial charge in [-0.1, -0.05) is 31.2 Å². The third-order valence-electron chi connectivity index (χ3n) is 3.95. The molecule has 100 valence electrons. The quantitative estimate of drug-likeness (QED) is 0.912. The van der Waals surface area contributed by atoms with Crippen molar-refractivity contribution in [2.45, 2.75) is 39.2 Å². The Kier molecular flexibility index (Phi) is 3.38. The second-order valence-corrected chi connectivity index (χ2v) is 5.18. The van der Waals surface area contributed by atoms with Crippen LogP contribution in [0.4, 0.5) is 0 Å². The summed E-state index contributed by atoms with van der Waals surface area (Å²) in [6.45, 7) is 3.91. The number of hydrogen-bond acceptors (Lipinski definition) is 2. The minimum Gasteiger partial charge on any atom is -0.330 e. The minimum absolute atomic E-state index is 0.663. The Morgan fingerprint density at radius 2 is 2.05 bits per heavy atom. The molecule has 0 unspecified atom stereocenters. The monoisotopic (exact) mass is 255 g/mol. The number of nitrogens with two attached hydrogens (primary N) is 1. The summed E-state index contributed by atoms with van der Waals surface area (Å²) in [5, 5.41) is 4.74. The number of aromatic nitrogens is 2. The molecule has 3 rings (SSSR count). The Labute approximate surface area is 114 Å². The first-order valence-corrected chi connectivity index (χ1v) is 7.21. The van der Waals surface area contributed by atoms with E-state index in [0.717, 1.165) is 25.8 Å². The van der Waals surface area contributed by atoms with Crippen molar-refractivity contribution in [2.24, 2.45) is 5.73 Å². The zero-order chi connectivity index (χ0) is 13.2. The van der Waals surface area contributed by atoms with Gasteiger partial charge >= 0.3 is 0 Å². The molecule has 0 bridgehead atoms. The zero-order valence-electron chi connectivity index (χ0n) is 11.5. The molecular formula is C16H21N3. The number of nitrogens with zero attached hydrogens (tertiary/aromatic N) is 2. The molecule has 1 aromatic heterocycles. The smallest absolute Gasteiger partial charge is 0.0718 e. The lowest BCUT2D eigenvalue weighted by atomic mass is 9.98. The van der Waals surface area contributed by atoms with Crippen LogP contribution in [0.2, 0.25) is 0 Å². The van der Waals surface area contributed by atoms with Crippen LogP contribution in [-0.2, 0) is 25.8 Å². The maximum Gasteiger partial charge on any atom is 0.0718 e. The van der Waals surface area contributed by atoms with Crippen molar-refractivity contribution >= 4 is 0 Å². The van der Waals surface area contributed by atoms with E-state index >= 15 is 0 Å². The van der Waals surface area contributed by atoms with Gasteiger partial charge in [-0.2, -0.15) is 5.10 Å². The van der Waals surface area contributed by atoms with Gasteiger partial charge in [-0.25, -0.2) is 0 Å². The Hall–Kier alpha value is -1.61. The molecule has 3 nitrogen and oxygen atoms in total. The minimum atomic E-state index is 0.663. The fourth-order valence-electron chi connectivity index (χ4n) is 2.94. The van der Waals surface area contributed by atoms with Crippen LogP contribution in [0.3, 0.4) is 0 Å². The molecule has 1 aromatic carbocycles. The molecule has 0 spiro atoms. The Morgan fingerprint density at radius 1 is 1.26 bits per heavy atom. The van der Waals surface area contributed by atoms with Crippen molar-refractivity contribution in [3.63, 3.8) is 0 Å². The molecule has 1 aliphatic rings. The van der Waals surface area contributed by atoms with Gasteiger partial charge < -0.3 is 5.73 Å². The SMILES string of the molecule is CCc1ccc(-c2c(CCN)nn3c2CCC3)cc1. The van der Waals surface area contributed by atoms with Crippen LogP contribution in [0.15, 0.2) is 24.3 Å². The van der Waals surface area contributed by atoms with E-state index < -0.39 is 0 Å². The highest BCUT2D eigenvalue weighted by Crippen LogP contribution is 2.32. The van der Waals surface area contributed by atoms with Gasteiger partial charge in [0.05, 0.1) is 5.69 Å². The summed E-state index contributed by atoms with van der Waals surface area (Å²) in [6.07, 6.45) is 4.31. The fraction of sp³-hybridized carbons (Fsp3) is 0.438. The molecule has 2 aromatic rings. The average Bonchev–Trinajstić information content (AvgIpc) is 3.00. The molecule has 0 saturated carbocycles. The lowest BCUT2D eigenvalue weighted by molar-refractivity contribution is 0.643. The molecule has 0 amide bonds. The van der Waals surface area contributed by atoms with E-state index in [0.29, 0.717) is 6.54 Å². The van der Waals surface area contributed by atoms with Gasteiger partial charge in [0.2, 0.25) is 0 Å². The maximum atomic E-state index is 5.72. The van der Waals surface area contributed by atoms with Gasteiger partial charge in [0.1, 0.15) is 0 Å². The molecule has 3 heteroatoms. The largest absolute Gasteiger partial charge is 0.330 e. The topological polar surface area (TPSA) is 43.8 Å².